The van der Waals surface area contributed by atoms with Crippen molar-refractivity contribution in [3.63, 3.8) is 0 Å². The molecule has 0 radical (unpaired) electrons. The molecule has 0 saturated carbocycles. The average molecular weight is 310 g/mol. The second-order valence-corrected chi connectivity index (χ2v) is 7.07. The van der Waals surface area contributed by atoms with Gasteiger partial charge in [-0.15, -0.1) is 0 Å². The highest BCUT2D eigenvalue weighted by Gasteiger charge is 2.25. The minimum atomic E-state index is -3.24. The van der Waals surface area contributed by atoms with E-state index in [2.05, 4.69) is 5.32 Å². The lowest BCUT2D eigenvalue weighted by atomic mass is 10.1. The van der Waals surface area contributed by atoms with Crippen LogP contribution in [0.15, 0.2) is 22.3 Å². The molecule has 114 valence electrons. The third kappa shape index (κ3) is 3.07. The minimum absolute atomic E-state index is 0.0323. The first-order chi connectivity index (χ1) is 9.75. The van der Waals surface area contributed by atoms with Crippen molar-refractivity contribution in [1.82, 2.24) is 9.88 Å². The van der Waals surface area contributed by atoms with Gasteiger partial charge in [0.05, 0.1) is 11.8 Å². The highest BCUT2D eigenvalue weighted by atomic mass is 32.2. The summed E-state index contributed by atoms with van der Waals surface area (Å²) in [5.74, 6) is -0.710. The number of rotatable bonds is 3. The molecule has 1 aliphatic rings. The van der Waals surface area contributed by atoms with Gasteiger partial charge in [-0.1, -0.05) is 6.92 Å². The predicted octanol–water partition coefficient (Wildman–Crippen LogP) is 0.297. The van der Waals surface area contributed by atoms with Crippen LogP contribution in [-0.2, 0) is 23.3 Å². The van der Waals surface area contributed by atoms with Gasteiger partial charge in [0.25, 0.3) is 11.5 Å². The third-order valence-corrected chi connectivity index (χ3v) is 4.98. The molecule has 1 aromatic rings. The van der Waals surface area contributed by atoms with Gasteiger partial charge in [0.2, 0.25) is 0 Å². The highest BCUT2D eigenvalue weighted by molar-refractivity contribution is 7.94. The molecule has 0 saturated heterocycles. The van der Waals surface area contributed by atoms with Crippen molar-refractivity contribution in [1.29, 1.82) is 0 Å². The third-order valence-electron chi connectivity index (χ3n) is 3.58. The van der Waals surface area contributed by atoms with Gasteiger partial charge in [-0.05, 0) is 31.1 Å². The molecule has 0 aliphatic carbocycles. The highest BCUT2D eigenvalue weighted by Crippen LogP contribution is 2.10. The monoisotopic (exact) mass is 310 g/mol. The second kappa shape index (κ2) is 5.48. The van der Waals surface area contributed by atoms with E-state index in [1.807, 2.05) is 13.8 Å². The molecule has 7 heteroatoms. The first-order valence-electron chi connectivity index (χ1n) is 6.66. The van der Waals surface area contributed by atoms with E-state index in [0.29, 0.717) is 6.42 Å². The summed E-state index contributed by atoms with van der Waals surface area (Å²) >= 11 is 0. The van der Waals surface area contributed by atoms with Crippen LogP contribution in [0.1, 0.15) is 28.5 Å². The number of carbonyl (C=O) groups is 1. The lowest BCUT2D eigenvalue weighted by Crippen LogP contribution is -2.39. The Morgan fingerprint density at radius 2 is 2.14 bits per heavy atom. The van der Waals surface area contributed by atoms with Crippen LogP contribution in [0.3, 0.4) is 0 Å². The molecule has 1 N–H and O–H groups in total. The molecule has 0 bridgehead atoms. The van der Waals surface area contributed by atoms with Crippen LogP contribution in [0.4, 0.5) is 0 Å². The Morgan fingerprint density at radius 3 is 2.67 bits per heavy atom. The quantitative estimate of drug-likeness (QED) is 0.870. The summed E-state index contributed by atoms with van der Waals surface area (Å²) in [7, 11) is -1.61. The Bertz CT molecular complexity index is 775. The van der Waals surface area contributed by atoms with E-state index in [-0.39, 0.29) is 16.9 Å². The standard InChI is InChI=1S/C14H18N2O4S/c1-4-12-9(2)7-11(14(18)16(12)3)13(17)15-10-5-6-21(19,20)8-10/h5-7,10H,4,8H2,1-3H3,(H,15,17)/t10-/m1/s1. The van der Waals surface area contributed by atoms with Crippen molar-refractivity contribution in [2.45, 2.75) is 26.3 Å². The van der Waals surface area contributed by atoms with Crippen LogP contribution in [0.2, 0.25) is 0 Å². The maximum Gasteiger partial charge on any atom is 0.263 e. The normalized spacial score (nSPS) is 19.7. The van der Waals surface area contributed by atoms with Crippen molar-refractivity contribution in [3.05, 3.63) is 44.7 Å². The number of nitrogens with zero attached hydrogens (tertiary/aromatic N) is 1. The Hall–Kier alpha value is -1.89. The SMILES string of the molecule is CCc1c(C)cc(C(=O)N[C@@H]2C=CS(=O)(=O)C2)c(=O)n1C. The number of aromatic nitrogens is 1. The molecule has 2 heterocycles. The summed E-state index contributed by atoms with van der Waals surface area (Å²) in [6.45, 7) is 3.78. The molecule has 2 rings (SSSR count). The number of hydrogen-bond acceptors (Lipinski definition) is 4. The summed E-state index contributed by atoms with van der Waals surface area (Å²) in [5, 5.41) is 3.65. The second-order valence-electron chi connectivity index (χ2n) is 5.14. The van der Waals surface area contributed by atoms with Gasteiger partial charge < -0.3 is 9.88 Å². The number of carbonyl (C=O) groups excluding carboxylic acids is 1. The van der Waals surface area contributed by atoms with E-state index in [9.17, 15) is 18.0 Å². The lowest BCUT2D eigenvalue weighted by Gasteiger charge is -2.14. The number of sulfone groups is 1. The van der Waals surface area contributed by atoms with Gasteiger partial charge in [0, 0.05) is 18.1 Å². The summed E-state index contributed by atoms with van der Waals surface area (Å²) in [5.41, 5.74) is 1.39. The zero-order chi connectivity index (χ0) is 15.8. The van der Waals surface area contributed by atoms with Crippen LogP contribution < -0.4 is 10.9 Å². The van der Waals surface area contributed by atoms with Gasteiger partial charge >= 0.3 is 0 Å². The van der Waals surface area contributed by atoms with Crippen LogP contribution in [-0.4, -0.2) is 30.7 Å². The predicted molar refractivity (Wildman–Crippen MR) is 80.0 cm³/mol. The maximum absolute atomic E-state index is 12.2. The van der Waals surface area contributed by atoms with E-state index in [1.165, 1.54) is 10.6 Å². The van der Waals surface area contributed by atoms with Crippen molar-refractivity contribution < 1.29 is 13.2 Å². The molecule has 1 aromatic heterocycles. The Morgan fingerprint density at radius 1 is 1.48 bits per heavy atom. The molecule has 0 unspecified atom stereocenters. The van der Waals surface area contributed by atoms with Crippen LogP contribution in [0.5, 0.6) is 0 Å². The summed E-state index contributed by atoms with van der Waals surface area (Å²) in [4.78, 5) is 24.4. The minimum Gasteiger partial charge on any atom is -0.345 e. The first-order valence-corrected chi connectivity index (χ1v) is 8.38. The molecule has 6 nitrogen and oxygen atoms in total. The molecular weight excluding hydrogens is 292 g/mol. The summed E-state index contributed by atoms with van der Waals surface area (Å²) < 4.78 is 24.1. The van der Waals surface area contributed by atoms with E-state index in [4.69, 9.17) is 0 Å². The van der Waals surface area contributed by atoms with E-state index in [0.717, 1.165) is 16.7 Å². The molecule has 1 amide bonds. The number of pyridine rings is 1. The number of amides is 1. The number of aryl methyl sites for hydroxylation is 1. The van der Waals surface area contributed by atoms with Crippen molar-refractivity contribution >= 4 is 15.7 Å². The molecule has 0 fully saturated rings. The molecule has 0 aromatic carbocycles. The van der Waals surface area contributed by atoms with Crippen molar-refractivity contribution in [2.75, 3.05) is 5.75 Å². The fourth-order valence-corrected chi connectivity index (χ4v) is 3.76. The fourth-order valence-electron chi connectivity index (χ4n) is 2.52. The van der Waals surface area contributed by atoms with Gasteiger partial charge in [-0.25, -0.2) is 8.42 Å². The fraction of sp³-hybridized carbons (Fsp3) is 0.429. The van der Waals surface area contributed by atoms with E-state index in [1.54, 1.807) is 13.1 Å². The van der Waals surface area contributed by atoms with E-state index < -0.39 is 21.8 Å². The Balaban J connectivity index is 2.29. The molecule has 0 spiro atoms. The number of nitrogens with one attached hydrogen (secondary N) is 1. The van der Waals surface area contributed by atoms with Gasteiger partial charge in [-0.2, -0.15) is 0 Å². The molecular formula is C14H18N2O4S. The van der Waals surface area contributed by atoms with Crippen molar-refractivity contribution in [3.8, 4) is 0 Å². The topological polar surface area (TPSA) is 85.2 Å². The van der Waals surface area contributed by atoms with Gasteiger partial charge in [0.1, 0.15) is 5.56 Å². The van der Waals surface area contributed by atoms with Gasteiger partial charge in [0.15, 0.2) is 9.84 Å². The molecule has 1 aliphatic heterocycles. The smallest absolute Gasteiger partial charge is 0.263 e. The zero-order valence-electron chi connectivity index (χ0n) is 12.2. The average Bonchev–Trinajstić information content (AvgIpc) is 2.73. The van der Waals surface area contributed by atoms with Gasteiger partial charge in [-0.3, -0.25) is 9.59 Å². The van der Waals surface area contributed by atoms with E-state index >= 15 is 0 Å². The van der Waals surface area contributed by atoms with Crippen LogP contribution in [0, 0.1) is 6.92 Å². The first kappa shape index (κ1) is 15.5. The largest absolute Gasteiger partial charge is 0.345 e. The van der Waals surface area contributed by atoms with Crippen LogP contribution in [0.25, 0.3) is 0 Å². The lowest BCUT2D eigenvalue weighted by molar-refractivity contribution is 0.0945. The number of hydrogen-bond donors (Lipinski definition) is 1. The Labute approximate surface area is 123 Å². The van der Waals surface area contributed by atoms with Crippen molar-refractivity contribution in [2.24, 2.45) is 7.05 Å². The summed E-state index contributed by atoms with van der Waals surface area (Å²) in [6, 6.07) is 0.974. The molecule has 1 atom stereocenters. The maximum atomic E-state index is 12.2. The zero-order valence-corrected chi connectivity index (χ0v) is 13.0. The Kier molecular flexibility index (Phi) is 4.04. The molecule has 21 heavy (non-hydrogen) atoms. The van der Waals surface area contributed by atoms with Crippen LogP contribution >= 0.6 is 0 Å². The summed E-state index contributed by atoms with van der Waals surface area (Å²) in [6.07, 6.45) is 2.12.